The Balaban J connectivity index is 2.10. The van der Waals surface area contributed by atoms with E-state index in [4.69, 9.17) is 14.2 Å². The van der Waals surface area contributed by atoms with Gasteiger partial charge in [-0.2, -0.15) is 0 Å². The molecule has 6 heteroatoms. The summed E-state index contributed by atoms with van der Waals surface area (Å²) in [6.45, 7) is 0.273. The smallest absolute Gasteiger partial charge is 0.244 e. The van der Waals surface area contributed by atoms with Gasteiger partial charge in [-0.05, 0) is 17.7 Å². The number of benzene rings is 2. The molecule has 0 unspecified atom stereocenters. The summed E-state index contributed by atoms with van der Waals surface area (Å²) in [4.78, 5) is 12.1. The second-order valence-electron chi connectivity index (χ2n) is 5.08. The molecular formula is C19H20BrNO4. The average Bonchev–Trinajstić information content (AvgIpc) is 2.64. The lowest BCUT2D eigenvalue weighted by Crippen LogP contribution is -2.21. The van der Waals surface area contributed by atoms with E-state index in [1.165, 1.54) is 6.08 Å². The summed E-state index contributed by atoms with van der Waals surface area (Å²) < 4.78 is 16.9. The quantitative estimate of drug-likeness (QED) is 0.711. The molecule has 132 valence electrons. The van der Waals surface area contributed by atoms with Crippen LogP contribution in [0.15, 0.2) is 46.9 Å². The third-order valence-electron chi connectivity index (χ3n) is 3.58. The van der Waals surface area contributed by atoms with Crippen molar-refractivity contribution in [2.45, 2.75) is 6.54 Å². The minimum absolute atomic E-state index is 0.212. The van der Waals surface area contributed by atoms with E-state index < -0.39 is 0 Å². The number of carbonyl (C=O) groups is 1. The molecule has 1 N–H and O–H groups in total. The molecule has 25 heavy (non-hydrogen) atoms. The van der Waals surface area contributed by atoms with Crippen LogP contribution in [0.2, 0.25) is 0 Å². The van der Waals surface area contributed by atoms with E-state index in [9.17, 15) is 4.79 Å². The van der Waals surface area contributed by atoms with Crippen molar-refractivity contribution in [3.63, 3.8) is 0 Å². The van der Waals surface area contributed by atoms with Crippen LogP contribution < -0.4 is 19.5 Å². The van der Waals surface area contributed by atoms with E-state index in [-0.39, 0.29) is 12.5 Å². The summed E-state index contributed by atoms with van der Waals surface area (Å²) in [5.74, 6) is 1.59. The monoisotopic (exact) mass is 405 g/mol. The van der Waals surface area contributed by atoms with E-state index in [0.717, 1.165) is 15.6 Å². The molecule has 5 nitrogen and oxygen atoms in total. The van der Waals surface area contributed by atoms with Gasteiger partial charge in [0.25, 0.3) is 0 Å². The Morgan fingerprint density at radius 1 is 1.08 bits per heavy atom. The van der Waals surface area contributed by atoms with Crippen molar-refractivity contribution in [1.29, 1.82) is 0 Å². The number of methoxy groups -OCH3 is 3. The highest BCUT2D eigenvalue weighted by Gasteiger charge is 2.13. The second kappa shape index (κ2) is 9.13. The van der Waals surface area contributed by atoms with E-state index in [1.54, 1.807) is 39.5 Å². The second-order valence-corrected chi connectivity index (χ2v) is 5.94. The normalized spacial score (nSPS) is 10.6. The van der Waals surface area contributed by atoms with Crippen molar-refractivity contribution in [3.05, 3.63) is 58.1 Å². The molecular weight excluding hydrogens is 386 g/mol. The number of hydrogen-bond acceptors (Lipinski definition) is 4. The molecule has 0 spiro atoms. The molecule has 0 atom stereocenters. The molecule has 0 aliphatic heterocycles. The van der Waals surface area contributed by atoms with Crippen LogP contribution in [0.1, 0.15) is 11.1 Å². The zero-order chi connectivity index (χ0) is 18.2. The van der Waals surface area contributed by atoms with Gasteiger partial charge in [0.1, 0.15) is 17.2 Å². The maximum absolute atomic E-state index is 12.1. The average molecular weight is 406 g/mol. The summed E-state index contributed by atoms with van der Waals surface area (Å²) in [6, 6.07) is 11.2. The van der Waals surface area contributed by atoms with Gasteiger partial charge >= 0.3 is 0 Å². The molecule has 0 aromatic heterocycles. The molecule has 2 aromatic carbocycles. The van der Waals surface area contributed by atoms with E-state index in [2.05, 4.69) is 21.2 Å². The third kappa shape index (κ3) is 5.00. The predicted molar refractivity (Wildman–Crippen MR) is 101 cm³/mol. The lowest BCUT2D eigenvalue weighted by atomic mass is 10.1. The highest BCUT2D eigenvalue weighted by Crippen LogP contribution is 2.33. The Labute approximate surface area is 155 Å². The first-order chi connectivity index (χ1) is 12.1. The molecule has 2 rings (SSSR count). The van der Waals surface area contributed by atoms with Crippen LogP contribution in [-0.2, 0) is 11.3 Å². The fourth-order valence-electron chi connectivity index (χ4n) is 2.26. The standard InChI is InChI=1S/C19H20BrNO4/c1-23-14-10-17(24-2)15(18(11-14)25-3)12-21-19(22)9-8-13-6-4-5-7-16(13)20/h4-11H,12H2,1-3H3,(H,21,22)/b9-8+. The molecule has 0 bridgehead atoms. The van der Waals surface area contributed by atoms with E-state index in [1.807, 2.05) is 24.3 Å². The van der Waals surface area contributed by atoms with Crippen molar-refractivity contribution in [3.8, 4) is 17.2 Å². The van der Waals surface area contributed by atoms with E-state index in [0.29, 0.717) is 17.2 Å². The molecule has 2 aromatic rings. The van der Waals surface area contributed by atoms with Gasteiger partial charge in [0, 0.05) is 22.7 Å². The van der Waals surface area contributed by atoms with Crippen LogP contribution in [0.4, 0.5) is 0 Å². The molecule has 0 heterocycles. The van der Waals surface area contributed by atoms with Gasteiger partial charge in [0.2, 0.25) is 5.91 Å². The number of carbonyl (C=O) groups excluding carboxylic acids is 1. The van der Waals surface area contributed by atoms with Gasteiger partial charge in [0.05, 0.1) is 33.4 Å². The Bertz CT molecular complexity index is 749. The first-order valence-corrected chi connectivity index (χ1v) is 8.37. The summed E-state index contributed by atoms with van der Waals surface area (Å²) >= 11 is 3.45. The zero-order valence-electron chi connectivity index (χ0n) is 14.3. The maximum Gasteiger partial charge on any atom is 0.244 e. The van der Waals surface area contributed by atoms with Crippen LogP contribution in [-0.4, -0.2) is 27.2 Å². The molecule has 0 radical (unpaired) electrons. The van der Waals surface area contributed by atoms with Crippen LogP contribution in [0.3, 0.4) is 0 Å². The number of rotatable bonds is 7. The Morgan fingerprint density at radius 3 is 2.28 bits per heavy atom. The predicted octanol–water partition coefficient (Wildman–Crippen LogP) is 3.80. The van der Waals surface area contributed by atoms with Gasteiger partial charge in [-0.3, -0.25) is 4.79 Å². The number of hydrogen-bond donors (Lipinski definition) is 1. The Hall–Kier alpha value is -2.47. The van der Waals surface area contributed by atoms with Crippen molar-refractivity contribution in [2.75, 3.05) is 21.3 Å². The molecule has 0 aliphatic carbocycles. The number of halogens is 1. The fraction of sp³-hybridized carbons (Fsp3) is 0.211. The summed E-state index contributed by atoms with van der Waals surface area (Å²) in [6.07, 6.45) is 3.24. The molecule has 0 fully saturated rings. The van der Waals surface area contributed by atoms with Crippen molar-refractivity contribution in [1.82, 2.24) is 5.32 Å². The Kier molecular flexibility index (Phi) is 6.89. The van der Waals surface area contributed by atoms with Crippen molar-refractivity contribution < 1.29 is 19.0 Å². The highest BCUT2D eigenvalue weighted by molar-refractivity contribution is 9.10. The Morgan fingerprint density at radius 2 is 1.72 bits per heavy atom. The maximum atomic E-state index is 12.1. The molecule has 0 saturated heterocycles. The zero-order valence-corrected chi connectivity index (χ0v) is 15.9. The topological polar surface area (TPSA) is 56.8 Å². The van der Waals surface area contributed by atoms with Crippen molar-refractivity contribution >= 4 is 27.9 Å². The highest BCUT2D eigenvalue weighted by atomic mass is 79.9. The molecule has 0 saturated carbocycles. The van der Waals surface area contributed by atoms with Crippen LogP contribution in [0.5, 0.6) is 17.2 Å². The molecule has 1 amide bonds. The third-order valence-corrected chi connectivity index (χ3v) is 4.30. The van der Waals surface area contributed by atoms with Crippen LogP contribution >= 0.6 is 15.9 Å². The fourth-order valence-corrected chi connectivity index (χ4v) is 2.68. The molecule has 0 aliphatic rings. The minimum Gasteiger partial charge on any atom is -0.496 e. The van der Waals surface area contributed by atoms with Gasteiger partial charge in [-0.1, -0.05) is 34.1 Å². The largest absolute Gasteiger partial charge is 0.496 e. The number of ether oxygens (including phenoxy) is 3. The van der Waals surface area contributed by atoms with Gasteiger partial charge < -0.3 is 19.5 Å². The number of nitrogens with one attached hydrogen (secondary N) is 1. The summed E-state index contributed by atoms with van der Waals surface area (Å²) in [7, 11) is 4.70. The summed E-state index contributed by atoms with van der Waals surface area (Å²) in [5, 5.41) is 2.83. The van der Waals surface area contributed by atoms with Gasteiger partial charge in [0.15, 0.2) is 0 Å². The first kappa shape index (κ1) is 18.9. The van der Waals surface area contributed by atoms with Gasteiger partial charge in [-0.15, -0.1) is 0 Å². The minimum atomic E-state index is -0.212. The number of amides is 1. The van der Waals surface area contributed by atoms with Crippen molar-refractivity contribution in [2.24, 2.45) is 0 Å². The summed E-state index contributed by atoms with van der Waals surface area (Å²) in [5.41, 5.74) is 1.67. The van der Waals surface area contributed by atoms with Gasteiger partial charge in [-0.25, -0.2) is 0 Å². The lowest BCUT2D eigenvalue weighted by molar-refractivity contribution is -0.116. The van der Waals surface area contributed by atoms with Crippen LogP contribution in [0.25, 0.3) is 6.08 Å². The SMILES string of the molecule is COc1cc(OC)c(CNC(=O)/C=C/c2ccccc2Br)c(OC)c1. The van der Waals surface area contributed by atoms with Crippen LogP contribution in [0, 0.1) is 0 Å². The first-order valence-electron chi connectivity index (χ1n) is 7.58. The lowest BCUT2D eigenvalue weighted by Gasteiger charge is -2.15. The van der Waals surface area contributed by atoms with E-state index >= 15 is 0 Å².